The Morgan fingerprint density at radius 2 is 1.67 bits per heavy atom. The van der Waals surface area contributed by atoms with Crippen molar-refractivity contribution < 1.29 is 4.79 Å². The average molecular weight is 252 g/mol. The quantitative estimate of drug-likeness (QED) is 0.770. The van der Waals surface area contributed by atoms with Gasteiger partial charge in [0.25, 0.3) is 0 Å². The first-order valence-corrected chi connectivity index (χ1v) is 7.68. The van der Waals surface area contributed by atoms with Gasteiger partial charge in [0.05, 0.1) is 0 Å². The molecule has 2 aliphatic rings. The molecule has 1 amide bonds. The van der Waals surface area contributed by atoms with Gasteiger partial charge in [-0.05, 0) is 18.8 Å². The summed E-state index contributed by atoms with van der Waals surface area (Å²) >= 11 is 0. The number of hydrogen-bond acceptors (Lipinski definition) is 2. The van der Waals surface area contributed by atoms with Gasteiger partial charge in [-0.2, -0.15) is 0 Å². The van der Waals surface area contributed by atoms with Gasteiger partial charge in [-0.3, -0.25) is 9.69 Å². The topological polar surface area (TPSA) is 23.6 Å². The Labute approximate surface area is 112 Å². The first kappa shape index (κ1) is 13.9. The predicted molar refractivity (Wildman–Crippen MR) is 74.4 cm³/mol. The van der Waals surface area contributed by atoms with E-state index in [9.17, 15) is 4.79 Å². The number of piperazine rings is 1. The molecule has 0 unspecified atom stereocenters. The second kappa shape index (κ2) is 6.55. The van der Waals surface area contributed by atoms with Crippen molar-refractivity contribution in [2.24, 2.45) is 11.8 Å². The number of carbonyl (C=O) groups is 1. The van der Waals surface area contributed by atoms with Crippen LogP contribution < -0.4 is 0 Å². The van der Waals surface area contributed by atoms with Crippen molar-refractivity contribution >= 4 is 5.91 Å². The van der Waals surface area contributed by atoms with Crippen molar-refractivity contribution in [1.82, 2.24) is 9.80 Å². The fourth-order valence-electron chi connectivity index (χ4n) is 3.27. The molecule has 1 saturated carbocycles. The van der Waals surface area contributed by atoms with Crippen molar-refractivity contribution in [1.29, 1.82) is 0 Å². The molecule has 2 rings (SSSR count). The zero-order valence-corrected chi connectivity index (χ0v) is 12.0. The van der Waals surface area contributed by atoms with Crippen LogP contribution in [0.2, 0.25) is 0 Å². The second-order valence-electron chi connectivity index (χ2n) is 6.35. The summed E-state index contributed by atoms with van der Waals surface area (Å²) < 4.78 is 0. The van der Waals surface area contributed by atoms with Gasteiger partial charge in [0.15, 0.2) is 0 Å². The van der Waals surface area contributed by atoms with Crippen molar-refractivity contribution in [3.05, 3.63) is 0 Å². The lowest BCUT2D eigenvalue weighted by Gasteiger charge is -2.37. The summed E-state index contributed by atoms with van der Waals surface area (Å²) in [6, 6.07) is 0. The highest BCUT2D eigenvalue weighted by Crippen LogP contribution is 2.25. The van der Waals surface area contributed by atoms with E-state index in [1.165, 1.54) is 25.8 Å². The van der Waals surface area contributed by atoms with Crippen LogP contribution in [-0.2, 0) is 4.79 Å². The van der Waals surface area contributed by atoms with E-state index in [-0.39, 0.29) is 0 Å². The first-order chi connectivity index (χ1) is 8.66. The maximum atomic E-state index is 12.4. The summed E-state index contributed by atoms with van der Waals surface area (Å²) in [6.07, 6.45) is 6.09. The monoisotopic (exact) mass is 252 g/mol. The maximum absolute atomic E-state index is 12.4. The Bertz CT molecular complexity index is 264. The molecule has 0 aromatic heterocycles. The first-order valence-electron chi connectivity index (χ1n) is 7.68. The van der Waals surface area contributed by atoms with E-state index < -0.39 is 0 Å². The molecule has 104 valence electrons. The lowest BCUT2D eigenvalue weighted by atomic mass is 9.88. The molecule has 0 N–H and O–H groups in total. The molecule has 1 aliphatic carbocycles. The maximum Gasteiger partial charge on any atom is 0.225 e. The van der Waals surface area contributed by atoms with Crippen molar-refractivity contribution in [2.75, 3.05) is 32.7 Å². The summed E-state index contributed by atoms with van der Waals surface area (Å²) in [7, 11) is 0. The Balaban J connectivity index is 1.76. The summed E-state index contributed by atoms with van der Waals surface area (Å²) in [4.78, 5) is 17.0. The van der Waals surface area contributed by atoms with Gasteiger partial charge in [-0.1, -0.05) is 33.1 Å². The third kappa shape index (κ3) is 3.71. The van der Waals surface area contributed by atoms with E-state index in [4.69, 9.17) is 0 Å². The molecule has 3 nitrogen and oxygen atoms in total. The van der Waals surface area contributed by atoms with Crippen LogP contribution in [0.4, 0.5) is 0 Å². The molecule has 3 heteroatoms. The summed E-state index contributed by atoms with van der Waals surface area (Å²) in [5.74, 6) is 1.51. The molecule has 0 aromatic carbocycles. The third-order valence-corrected chi connectivity index (χ3v) is 4.26. The van der Waals surface area contributed by atoms with Gasteiger partial charge in [-0.25, -0.2) is 0 Å². The minimum absolute atomic E-state index is 0.343. The van der Waals surface area contributed by atoms with Crippen molar-refractivity contribution in [3.63, 3.8) is 0 Å². The molecule has 0 spiro atoms. The van der Waals surface area contributed by atoms with Gasteiger partial charge >= 0.3 is 0 Å². The zero-order valence-electron chi connectivity index (χ0n) is 12.0. The second-order valence-corrected chi connectivity index (χ2v) is 6.35. The van der Waals surface area contributed by atoms with Crippen LogP contribution >= 0.6 is 0 Å². The van der Waals surface area contributed by atoms with Crippen molar-refractivity contribution in [2.45, 2.75) is 46.0 Å². The third-order valence-electron chi connectivity index (χ3n) is 4.26. The van der Waals surface area contributed by atoms with Crippen LogP contribution in [-0.4, -0.2) is 48.4 Å². The molecule has 0 bridgehead atoms. The molecular formula is C15H28N2O. The van der Waals surface area contributed by atoms with Crippen LogP contribution in [0.1, 0.15) is 46.0 Å². The summed E-state index contributed by atoms with van der Waals surface area (Å²) in [5, 5.41) is 0. The van der Waals surface area contributed by atoms with Gasteiger partial charge in [0.1, 0.15) is 0 Å². The summed E-state index contributed by atoms with van der Waals surface area (Å²) in [5.41, 5.74) is 0. The number of hydrogen-bond donors (Lipinski definition) is 0. The predicted octanol–water partition coefficient (Wildman–Crippen LogP) is 2.37. The van der Waals surface area contributed by atoms with Gasteiger partial charge < -0.3 is 4.90 Å². The number of amides is 1. The Morgan fingerprint density at radius 1 is 1.06 bits per heavy atom. The molecule has 18 heavy (non-hydrogen) atoms. The highest BCUT2D eigenvalue weighted by Gasteiger charge is 2.28. The SMILES string of the molecule is CC(C)CN1CCN(C(=O)C2CCCCC2)CC1. The lowest BCUT2D eigenvalue weighted by molar-refractivity contribution is -0.138. The molecule has 0 atom stereocenters. The van der Waals surface area contributed by atoms with E-state index in [2.05, 4.69) is 23.6 Å². The van der Waals surface area contributed by atoms with Crippen LogP contribution in [0.5, 0.6) is 0 Å². The van der Waals surface area contributed by atoms with Crippen LogP contribution in [0.15, 0.2) is 0 Å². The minimum Gasteiger partial charge on any atom is -0.340 e. The van der Waals surface area contributed by atoms with E-state index in [0.29, 0.717) is 11.8 Å². The molecular weight excluding hydrogens is 224 g/mol. The summed E-state index contributed by atoms with van der Waals surface area (Å²) in [6.45, 7) is 9.72. The van der Waals surface area contributed by atoms with Crippen LogP contribution in [0, 0.1) is 11.8 Å². The molecule has 1 aliphatic heterocycles. The minimum atomic E-state index is 0.343. The van der Waals surface area contributed by atoms with Gasteiger partial charge in [0.2, 0.25) is 5.91 Å². The number of rotatable bonds is 3. The van der Waals surface area contributed by atoms with E-state index in [1.54, 1.807) is 0 Å². The highest BCUT2D eigenvalue weighted by atomic mass is 16.2. The van der Waals surface area contributed by atoms with Gasteiger partial charge in [-0.15, -0.1) is 0 Å². The standard InChI is InChI=1S/C15H28N2O/c1-13(2)12-16-8-10-17(11-9-16)15(18)14-6-4-3-5-7-14/h13-14H,3-12H2,1-2H3. The van der Waals surface area contributed by atoms with E-state index in [1.807, 2.05) is 0 Å². The lowest BCUT2D eigenvalue weighted by Crippen LogP contribution is -2.51. The smallest absolute Gasteiger partial charge is 0.225 e. The molecule has 1 saturated heterocycles. The zero-order chi connectivity index (χ0) is 13.0. The Morgan fingerprint density at radius 3 is 2.22 bits per heavy atom. The average Bonchev–Trinajstić information content (AvgIpc) is 2.39. The fraction of sp³-hybridized carbons (Fsp3) is 0.933. The largest absolute Gasteiger partial charge is 0.340 e. The highest BCUT2D eigenvalue weighted by molar-refractivity contribution is 5.79. The van der Waals surface area contributed by atoms with Gasteiger partial charge in [0, 0.05) is 38.6 Å². The Hall–Kier alpha value is -0.570. The van der Waals surface area contributed by atoms with Crippen LogP contribution in [0.25, 0.3) is 0 Å². The van der Waals surface area contributed by atoms with E-state index >= 15 is 0 Å². The molecule has 2 fully saturated rings. The Kier molecular flexibility index (Phi) is 5.04. The fourth-order valence-corrected chi connectivity index (χ4v) is 3.27. The number of carbonyl (C=O) groups excluding carboxylic acids is 1. The van der Waals surface area contributed by atoms with E-state index in [0.717, 1.165) is 44.9 Å². The number of nitrogens with zero attached hydrogens (tertiary/aromatic N) is 2. The molecule has 0 radical (unpaired) electrons. The normalized spacial score (nSPS) is 23.6. The van der Waals surface area contributed by atoms with Crippen LogP contribution in [0.3, 0.4) is 0 Å². The molecule has 1 heterocycles. The molecule has 0 aromatic rings. The van der Waals surface area contributed by atoms with Crippen molar-refractivity contribution in [3.8, 4) is 0 Å².